The monoisotopic (exact) mass is 399 g/mol. The van der Waals surface area contributed by atoms with Crippen LogP contribution in [0.5, 0.6) is 0 Å². The molecule has 1 amide bonds. The number of nitrogens with zero attached hydrogens (tertiary/aromatic N) is 5. The number of hydrogen-bond acceptors (Lipinski definition) is 7. The first-order valence-electron chi connectivity index (χ1n) is 10.3. The Morgan fingerprint density at radius 1 is 1.10 bits per heavy atom. The molecule has 0 radical (unpaired) electrons. The smallest absolute Gasteiger partial charge is 0.225 e. The summed E-state index contributed by atoms with van der Waals surface area (Å²) in [6, 6.07) is 0. The molecule has 4 heterocycles. The molecule has 2 aliphatic rings. The average molecular weight is 399 g/mol. The lowest BCUT2D eigenvalue weighted by atomic mass is 9.90. The Balaban J connectivity index is 1.41. The highest BCUT2D eigenvalue weighted by molar-refractivity contribution is 5.76. The van der Waals surface area contributed by atoms with Crippen molar-refractivity contribution in [1.82, 2.24) is 24.9 Å². The molecular weight excluding hydrogens is 370 g/mol. The van der Waals surface area contributed by atoms with Crippen LogP contribution in [0.3, 0.4) is 0 Å². The molecular formula is C21H29N5O3. The van der Waals surface area contributed by atoms with E-state index in [1.807, 2.05) is 25.7 Å². The molecule has 2 aromatic rings. The van der Waals surface area contributed by atoms with Crippen LogP contribution in [-0.4, -0.2) is 62.7 Å². The summed E-state index contributed by atoms with van der Waals surface area (Å²) >= 11 is 0. The van der Waals surface area contributed by atoms with Crippen molar-refractivity contribution in [1.29, 1.82) is 0 Å². The highest BCUT2D eigenvalue weighted by atomic mass is 16.5. The van der Waals surface area contributed by atoms with Crippen LogP contribution in [0, 0.1) is 20.8 Å². The fraction of sp³-hybridized carbons (Fsp3) is 0.619. The maximum Gasteiger partial charge on any atom is 0.225 e. The van der Waals surface area contributed by atoms with Gasteiger partial charge in [-0.2, -0.15) is 0 Å². The minimum Gasteiger partial charge on any atom is -0.373 e. The molecule has 0 unspecified atom stereocenters. The van der Waals surface area contributed by atoms with Crippen LogP contribution in [-0.2, 0) is 22.6 Å². The van der Waals surface area contributed by atoms with Crippen molar-refractivity contribution >= 4 is 5.91 Å². The number of amides is 1. The van der Waals surface area contributed by atoms with Gasteiger partial charge >= 0.3 is 0 Å². The van der Waals surface area contributed by atoms with Crippen LogP contribution in [0.25, 0.3) is 0 Å². The third kappa shape index (κ3) is 4.48. The lowest BCUT2D eigenvalue weighted by molar-refractivity contribution is -0.132. The number of aromatic nitrogens is 3. The largest absolute Gasteiger partial charge is 0.373 e. The van der Waals surface area contributed by atoms with E-state index in [-0.39, 0.29) is 11.5 Å². The second-order valence-corrected chi connectivity index (χ2v) is 8.26. The highest BCUT2D eigenvalue weighted by Gasteiger charge is 2.40. The summed E-state index contributed by atoms with van der Waals surface area (Å²) in [6.45, 7) is 10.1. The summed E-state index contributed by atoms with van der Waals surface area (Å²) in [5.41, 5.74) is 3.56. The van der Waals surface area contributed by atoms with Gasteiger partial charge < -0.3 is 14.2 Å². The van der Waals surface area contributed by atoms with Crippen molar-refractivity contribution in [2.45, 2.75) is 58.7 Å². The molecule has 1 spiro atoms. The SMILES string of the molecule is Cc1cnc(CN2CC3(CCN(Cc4c(C)noc4C)CC3)OCCC2=O)cn1. The third-order valence-corrected chi connectivity index (χ3v) is 6.07. The van der Waals surface area contributed by atoms with E-state index in [9.17, 15) is 4.79 Å². The van der Waals surface area contributed by atoms with Crippen LogP contribution in [0.2, 0.25) is 0 Å². The summed E-state index contributed by atoms with van der Waals surface area (Å²) in [6.07, 6.45) is 5.73. The van der Waals surface area contributed by atoms with Gasteiger partial charge in [-0.3, -0.25) is 19.7 Å². The predicted molar refractivity (Wildman–Crippen MR) is 106 cm³/mol. The molecule has 0 aliphatic carbocycles. The van der Waals surface area contributed by atoms with Crippen LogP contribution in [0.4, 0.5) is 0 Å². The van der Waals surface area contributed by atoms with Gasteiger partial charge in [0.1, 0.15) is 5.76 Å². The van der Waals surface area contributed by atoms with E-state index < -0.39 is 0 Å². The molecule has 2 aliphatic heterocycles. The fourth-order valence-electron chi connectivity index (χ4n) is 4.21. The van der Waals surface area contributed by atoms with Crippen LogP contribution < -0.4 is 0 Å². The van der Waals surface area contributed by atoms with Crippen molar-refractivity contribution < 1.29 is 14.1 Å². The number of rotatable bonds is 4. The van der Waals surface area contributed by atoms with Gasteiger partial charge in [-0.05, 0) is 33.6 Å². The normalized spacial score (nSPS) is 20.2. The average Bonchev–Trinajstić information content (AvgIpc) is 2.94. The first-order valence-corrected chi connectivity index (χ1v) is 10.3. The fourth-order valence-corrected chi connectivity index (χ4v) is 4.21. The summed E-state index contributed by atoms with van der Waals surface area (Å²) in [7, 11) is 0. The summed E-state index contributed by atoms with van der Waals surface area (Å²) < 4.78 is 11.6. The Morgan fingerprint density at radius 2 is 1.90 bits per heavy atom. The molecule has 8 heteroatoms. The van der Waals surface area contributed by atoms with E-state index in [1.165, 1.54) is 5.56 Å². The highest BCUT2D eigenvalue weighted by Crippen LogP contribution is 2.31. The molecule has 156 valence electrons. The zero-order chi connectivity index (χ0) is 20.4. The zero-order valence-electron chi connectivity index (χ0n) is 17.5. The molecule has 0 bridgehead atoms. The molecule has 0 N–H and O–H groups in total. The van der Waals surface area contributed by atoms with Gasteiger partial charge in [0.25, 0.3) is 0 Å². The van der Waals surface area contributed by atoms with Crippen molar-refractivity contribution in [2.75, 3.05) is 26.2 Å². The standard InChI is InChI=1S/C21H29N5O3/c1-15-10-23-18(11-22-15)12-26-14-21(28-9-4-20(26)27)5-7-25(8-6-21)13-19-16(2)24-29-17(19)3/h10-11H,4-9,12-14H2,1-3H3. The Hall–Kier alpha value is -2.32. The zero-order valence-corrected chi connectivity index (χ0v) is 17.5. The number of piperidine rings is 1. The quantitative estimate of drug-likeness (QED) is 0.779. The van der Waals surface area contributed by atoms with E-state index in [0.29, 0.717) is 26.1 Å². The maximum absolute atomic E-state index is 12.6. The van der Waals surface area contributed by atoms with Gasteiger partial charge in [0.2, 0.25) is 5.91 Å². The van der Waals surface area contributed by atoms with Gasteiger partial charge in [-0.25, -0.2) is 0 Å². The lowest BCUT2D eigenvalue weighted by Gasteiger charge is -2.42. The van der Waals surface area contributed by atoms with Gasteiger partial charge in [-0.15, -0.1) is 0 Å². The Labute approximate surface area is 171 Å². The maximum atomic E-state index is 12.6. The second-order valence-electron chi connectivity index (χ2n) is 8.26. The minimum atomic E-state index is -0.278. The Bertz CT molecular complexity index is 836. The van der Waals surface area contributed by atoms with Crippen molar-refractivity contribution in [3.8, 4) is 0 Å². The van der Waals surface area contributed by atoms with Gasteiger partial charge in [0, 0.05) is 31.4 Å². The number of ether oxygens (including phenoxy) is 1. The van der Waals surface area contributed by atoms with Gasteiger partial charge in [-0.1, -0.05) is 5.16 Å². The second kappa shape index (κ2) is 8.20. The van der Waals surface area contributed by atoms with E-state index in [2.05, 4.69) is 20.0 Å². The van der Waals surface area contributed by atoms with Crippen LogP contribution >= 0.6 is 0 Å². The van der Waals surface area contributed by atoms with E-state index in [0.717, 1.165) is 55.3 Å². The summed E-state index contributed by atoms with van der Waals surface area (Å²) in [5.74, 6) is 1.02. The minimum absolute atomic E-state index is 0.127. The van der Waals surface area contributed by atoms with E-state index >= 15 is 0 Å². The molecule has 2 aromatic heterocycles. The number of carbonyl (C=O) groups is 1. The number of likely N-dealkylation sites (tertiary alicyclic amines) is 1. The molecule has 0 atom stereocenters. The first-order chi connectivity index (χ1) is 13.9. The van der Waals surface area contributed by atoms with Crippen LogP contribution in [0.1, 0.15) is 47.7 Å². The molecule has 8 nitrogen and oxygen atoms in total. The summed E-state index contributed by atoms with van der Waals surface area (Å²) in [5, 5.41) is 4.06. The Kier molecular flexibility index (Phi) is 5.65. The third-order valence-electron chi connectivity index (χ3n) is 6.07. The molecule has 0 saturated carbocycles. The van der Waals surface area contributed by atoms with Gasteiger partial charge in [0.05, 0.1) is 55.0 Å². The molecule has 2 saturated heterocycles. The van der Waals surface area contributed by atoms with Gasteiger partial charge in [0.15, 0.2) is 0 Å². The molecule has 29 heavy (non-hydrogen) atoms. The molecule has 2 fully saturated rings. The van der Waals surface area contributed by atoms with E-state index in [1.54, 1.807) is 12.4 Å². The number of hydrogen-bond donors (Lipinski definition) is 0. The van der Waals surface area contributed by atoms with E-state index in [4.69, 9.17) is 9.26 Å². The number of aryl methyl sites for hydroxylation is 3. The Morgan fingerprint density at radius 3 is 2.55 bits per heavy atom. The number of carbonyl (C=O) groups excluding carboxylic acids is 1. The molecule has 0 aromatic carbocycles. The molecule has 4 rings (SSSR count). The predicted octanol–water partition coefficient (Wildman–Crippen LogP) is 2.17. The van der Waals surface area contributed by atoms with Crippen LogP contribution in [0.15, 0.2) is 16.9 Å². The first kappa shape index (κ1) is 20.0. The summed E-state index contributed by atoms with van der Waals surface area (Å²) in [4.78, 5) is 25.7. The van der Waals surface area contributed by atoms with Crippen molar-refractivity contribution in [3.05, 3.63) is 40.8 Å². The topological polar surface area (TPSA) is 84.6 Å². The lowest BCUT2D eigenvalue weighted by Crippen LogP contribution is -2.51. The van der Waals surface area contributed by atoms with Crippen molar-refractivity contribution in [3.63, 3.8) is 0 Å². The van der Waals surface area contributed by atoms with Crippen molar-refractivity contribution in [2.24, 2.45) is 0 Å².